The summed E-state index contributed by atoms with van der Waals surface area (Å²) in [4.78, 5) is 20.3. The normalized spacial score (nSPS) is 20.8. The highest BCUT2D eigenvalue weighted by molar-refractivity contribution is 5.76. The molecule has 0 atom stereocenters. The predicted octanol–water partition coefficient (Wildman–Crippen LogP) is -0.778. The third-order valence-corrected chi connectivity index (χ3v) is 1.30. The van der Waals surface area contributed by atoms with Crippen LogP contribution in [0.1, 0.15) is 0 Å². The van der Waals surface area contributed by atoms with Crippen molar-refractivity contribution in [1.82, 2.24) is 5.32 Å². The van der Waals surface area contributed by atoms with Gasteiger partial charge in [-0.2, -0.15) is 0 Å². The lowest BCUT2D eigenvalue weighted by Gasteiger charge is -2.35. The molecule has 1 amide bonds. The number of ether oxygens (including phenoxy) is 1. The third-order valence-electron chi connectivity index (χ3n) is 1.30. The number of carbonyl (C=O) groups excluding carboxylic acids is 1. The van der Waals surface area contributed by atoms with Gasteiger partial charge in [0.05, 0.1) is 13.2 Å². The maximum Gasteiger partial charge on any atom is 0.405 e. The van der Waals surface area contributed by atoms with Crippen LogP contribution in [0.25, 0.3) is 0 Å². The Morgan fingerprint density at radius 1 is 1.70 bits per heavy atom. The molecular weight excluding hydrogens is 138 g/mol. The Bertz CT molecular complexity index is 163. The fourth-order valence-corrected chi connectivity index (χ4v) is 0.705. The van der Waals surface area contributed by atoms with Gasteiger partial charge >= 0.3 is 6.09 Å². The molecule has 0 aromatic rings. The molecule has 1 aliphatic rings. The van der Waals surface area contributed by atoms with Gasteiger partial charge in [0.2, 0.25) is 0 Å². The highest BCUT2D eigenvalue weighted by atomic mass is 16.5. The van der Waals surface area contributed by atoms with Gasteiger partial charge in [-0.25, -0.2) is 4.79 Å². The molecule has 5 heteroatoms. The minimum atomic E-state index is -1.20. The first-order valence-corrected chi connectivity index (χ1v) is 2.74. The van der Waals surface area contributed by atoms with E-state index in [1.165, 1.54) is 0 Å². The van der Waals surface area contributed by atoms with Crippen LogP contribution < -0.4 is 5.32 Å². The van der Waals surface area contributed by atoms with Crippen LogP contribution in [0.15, 0.2) is 0 Å². The summed E-state index contributed by atoms with van der Waals surface area (Å²) >= 11 is 0. The van der Waals surface area contributed by atoms with E-state index in [9.17, 15) is 9.59 Å². The van der Waals surface area contributed by atoms with Crippen molar-refractivity contribution in [1.29, 1.82) is 0 Å². The van der Waals surface area contributed by atoms with E-state index in [1.807, 2.05) is 0 Å². The van der Waals surface area contributed by atoms with Crippen LogP contribution in [0.2, 0.25) is 0 Å². The Morgan fingerprint density at radius 2 is 2.30 bits per heavy atom. The summed E-state index contributed by atoms with van der Waals surface area (Å²) in [5, 5.41) is 10.3. The molecule has 0 radical (unpaired) electrons. The van der Waals surface area contributed by atoms with Crippen molar-refractivity contribution in [3.63, 3.8) is 0 Å². The van der Waals surface area contributed by atoms with E-state index in [1.54, 1.807) is 0 Å². The lowest BCUT2D eigenvalue weighted by molar-refractivity contribution is -0.131. The molecule has 0 unspecified atom stereocenters. The highest BCUT2D eigenvalue weighted by Crippen LogP contribution is 2.12. The summed E-state index contributed by atoms with van der Waals surface area (Å²) in [5.41, 5.74) is -0.966. The molecule has 1 rings (SSSR count). The summed E-state index contributed by atoms with van der Waals surface area (Å²) in [6, 6.07) is 0. The van der Waals surface area contributed by atoms with Gasteiger partial charge in [-0.3, -0.25) is 0 Å². The van der Waals surface area contributed by atoms with Crippen LogP contribution in [0, 0.1) is 0 Å². The van der Waals surface area contributed by atoms with Crippen LogP contribution in [-0.2, 0) is 9.53 Å². The monoisotopic (exact) mass is 145 g/mol. The summed E-state index contributed by atoms with van der Waals surface area (Å²) in [6.45, 7) is 0.283. The Balaban J connectivity index is 2.48. The smallest absolute Gasteiger partial charge is 0.405 e. The lowest BCUT2D eigenvalue weighted by Crippen LogP contribution is -2.63. The third kappa shape index (κ3) is 1.08. The van der Waals surface area contributed by atoms with Gasteiger partial charge in [-0.05, 0) is 0 Å². The molecule has 0 aliphatic carbocycles. The summed E-state index contributed by atoms with van der Waals surface area (Å²) in [5.74, 6) is 0. The van der Waals surface area contributed by atoms with Crippen molar-refractivity contribution in [3.05, 3.63) is 0 Å². The first-order valence-electron chi connectivity index (χ1n) is 2.74. The number of rotatable bonds is 2. The second-order valence-electron chi connectivity index (χ2n) is 2.20. The number of carbonyl (C=O) groups is 2. The van der Waals surface area contributed by atoms with Crippen molar-refractivity contribution in [2.24, 2.45) is 0 Å². The molecule has 1 aliphatic heterocycles. The van der Waals surface area contributed by atoms with Crippen LogP contribution in [0.3, 0.4) is 0 Å². The Hall–Kier alpha value is -1.10. The van der Waals surface area contributed by atoms with Crippen LogP contribution >= 0.6 is 0 Å². The largest absolute Gasteiger partial charge is 0.465 e. The number of amides is 1. The summed E-state index contributed by atoms with van der Waals surface area (Å²) < 4.78 is 4.67. The van der Waals surface area contributed by atoms with Gasteiger partial charge < -0.3 is 20.0 Å². The number of carboxylic acid groups (broad SMARTS) is 1. The molecule has 10 heavy (non-hydrogen) atoms. The fraction of sp³-hybridized carbons (Fsp3) is 0.600. The number of aldehydes is 1. The minimum absolute atomic E-state index is 0.142. The summed E-state index contributed by atoms with van der Waals surface area (Å²) in [7, 11) is 0. The first-order chi connectivity index (χ1) is 4.68. The Kier molecular flexibility index (Phi) is 1.58. The zero-order valence-corrected chi connectivity index (χ0v) is 5.16. The quantitative estimate of drug-likeness (QED) is 0.500. The average molecular weight is 145 g/mol. The van der Waals surface area contributed by atoms with E-state index in [4.69, 9.17) is 5.11 Å². The molecule has 0 bridgehead atoms. The molecule has 5 nitrogen and oxygen atoms in total. The minimum Gasteiger partial charge on any atom is -0.465 e. The van der Waals surface area contributed by atoms with E-state index >= 15 is 0 Å². The molecular formula is C5H7NO4. The predicted molar refractivity (Wildman–Crippen MR) is 30.8 cm³/mol. The van der Waals surface area contributed by atoms with Crippen molar-refractivity contribution in [3.8, 4) is 0 Å². The van der Waals surface area contributed by atoms with Crippen molar-refractivity contribution < 1.29 is 19.4 Å². The molecule has 1 saturated heterocycles. The zero-order chi connectivity index (χ0) is 7.61. The molecule has 1 heterocycles. The molecule has 0 aromatic heterocycles. The van der Waals surface area contributed by atoms with Crippen LogP contribution in [-0.4, -0.2) is 36.2 Å². The molecule has 0 saturated carbocycles. The fourth-order valence-electron chi connectivity index (χ4n) is 0.705. The second-order valence-corrected chi connectivity index (χ2v) is 2.20. The van der Waals surface area contributed by atoms with E-state index in [2.05, 4.69) is 10.1 Å². The van der Waals surface area contributed by atoms with Gasteiger partial charge in [0.1, 0.15) is 11.8 Å². The van der Waals surface area contributed by atoms with Crippen LogP contribution in [0.4, 0.5) is 4.79 Å². The maximum atomic E-state index is 10.2. The van der Waals surface area contributed by atoms with E-state index in [-0.39, 0.29) is 13.2 Å². The van der Waals surface area contributed by atoms with Crippen molar-refractivity contribution >= 4 is 12.4 Å². The van der Waals surface area contributed by atoms with Crippen molar-refractivity contribution in [2.45, 2.75) is 5.54 Å². The highest BCUT2D eigenvalue weighted by Gasteiger charge is 2.39. The Labute approximate surface area is 57.0 Å². The number of hydrogen-bond donors (Lipinski definition) is 2. The molecule has 2 N–H and O–H groups in total. The molecule has 0 aromatic carbocycles. The molecule has 1 fully saturated rings. The van der Waals surface area contributed by atoms with E-state index in [0.29, 0.717) is 6.29 Å². The maximum absolute atomic E-state index is 10.2. The Morgan fingerprint density at radius 3 is 2.40 bits per heavy atom. The number of nitrogens with one attached hydrogen (secondary N) is 1. The van der Waals surface area contributed by atoms with Gasteiger partial charge in [0.15, 0.2) is 0 Å². The lowest BCUT2D eigenvalue weighted by atomic mass is 10.0. The SMILES string of the molecule is O=CC1(NC(=O)O)COC1. The van der Waals surface area contributed by atoms with Crippen molar-refractivity contribution in [2.75, 3.05) is 13.2 Å². The molecule has 56 valence electrons. The average Bonchev–Trinajstić information content (AvgIpc) is 1.78. The van der Waals surface area contributed by atoms with E-state index in [0.717, 1.165) is 0 Å². The first kappa shape index (κ1) is 7.01. The standard InChI is InChI=1S/C5H7NO4/c7-1-5(2-10-3-5)6-4(8)9/h1,6H,2-3H2,(H,8,9). The second kappa shape index (κ2) is 2.26. The van der Waals surface area contributed by atoms with Gasteiger partial charge in [-0.1, -0.05) is 0 Å². The van der Waals surface area contributed by atoms with E-state index < -0.39 is 11.6 Å². The summed E-state index contributed by atoms with van der Waals surface area (Å²) in [6.07, 6.45) is -0.639. The molecule has 0 spiro atoms. The number of hydrogen-bond acceptors (Lipinski definition) is 3. The van der Waals surface area contributed by atoms with Gasteiger partial charge in [-0.15, -0.1) is 0 Å². The zero-order valence-electron chi connectivity index (χ0n) is 5.16. The van der Waals surface area contributed by atoms with Crippen LogP contribution in [0.5, 0.6) is 0 Å². The topological polar surface area (TPSA) is 75.6 Å². The van der Waals surface area contributed by atoms with Gasteiger partial charge in [0.25, 0.3) is 0 Å². The van der Waals surface area contributed by atoms with Gasteiger partial charge in [0, 0.05) is 0 Å².